The van der Waals surface area contributed by atoms with Gasteiger partial charge >= 0.3 is 6.18 Å². The summed E-state index contributed by atoms with van der Waals surface area (Å²) in [5.41, 5.74) is 0. The number of hydrogen-bond acceptors (Lipinski definition) is 3. The van der Waals surface area contributed by atoms with Crippen molar-refractivity contribution in [3.8, 4) is 0 Å². The number of hydrogen-bond donors (Lipinski definition) is 1. The van der Waals surface area contributed by atoms with Crippen molar-refractivity contribution >= 4 is 0 Å². The molecule has 96 valence electrons. The van der Waals surface area contributed by atoms with Crippen molar-refractivity contribution in [2.75, 3.05) is 32.8 Å². The van der Waals surface area contributed by atoms with Gasteiger partial charge in [0, 0.05) is 31.7 Å². The monoisotopic (exact) mass is 240 g/mol. The Kier molecular flexibility index (Phi) is 5.01. The van der Waals surface area contributed by atoms with Gasteiger partial charge in [0.25, 0.3) is 0 Å². The largest absolute Gasteiger partial charge is 0.411 e. The van der Waals surface area contributed by atoms with Crippen LogP contribution in [0.4, 0.5) is 13.2 Å². The van der Waals surface area contributed by atoms with E-state index in [1.54, 1.807) is 0 Å². The van der Waals surface area contributed by atoms with E-state index in [1.807, 2.05) is 0 Å². The van der Waals surface area contributed by atoms with E-state index in [0.29, 0.717) is 18.6 Å². The molecule has 1 saturated heterocycles. The summed E-state index contributed by atoms with van der Waals surface area (Å²) < 4.78 is 40.1. The molecule has 3 nitrogen and oxygen atoms in total. The average molecular weight is 240 g/mol. The predicted molar refractivity (Wildman–Crippen MR) is 55.4 cm³/mol. The quantitative estimate of drug-likeness (QED) is 0.748. The zero-order valence-electron chi connectivity index (χ0n) is 9.68. The maximum atomic E-state index is 11.8. The van der Waals surface area contributed by atoms with Crippen molar-refractivity contribution in [1.29, 1.82) is 0 Å². The molecule has 1 aliphatic rings. The third-order valence-corrected chi connectivity index (χ3v) is 2.77. The van der Waals surface area contributed by atoms with Gasteiger partial charge in [0.1, 0.15) is 6.61 Å². The maximum Gasteiger partial charge on any atom is 0.411 e. The Hall–Kier alpha value is -0.330. The highest BCUT2D eigenvalue weighted by Crippen LogP contribution is 2.15. The predicted octanol–water partition coefficient (Wildman–Crippen LogP) is 1.25. The molecule has 2 atom stereocenters. The van der Waals surface area contributed by atoms with E-state index in [4.69, 9.17) is 0 Å². The molecule has 0 aliphatic carbocycles. The SMILES string of the molecule is CC1CNCC(C)N1CCOCC(F)(F)F. The fourth-order valence-corrected chi connectivity index (χ4v) is 1.97. The molecular weight excluding hydrogens is 221 g/mol. The number of ether oxygens (including phenoxy) is 1. The van der Waals surface area contributed by atoms with Gasteiger partial charge in [0.15, 0.2) is 0 Å². The van der Waals surface area contributed by atoms with Crippen LogP contribution in [0, 0.1) is 0 Å². The molecule has 1 N–H and O–H groups in total. The zero-order valence-corrected chi connectivity index (χ0v) is 9.68. The summed E-state index contributed by atoms with van der Waals surface area (Å²) >= 11 is 0. The summed E-state index contributed by atoms with van der Waals surface area (Å²) in [5.74, 6) is 0. The summed E-state index contributed by atoms with van der Waals surface area (Å²) in [7, 11) is 0. The summed E-state index contributed by atoms with van der Waals surface area (Å²) in [5, 5.41) is 3.27. The second-order valence-electron chi connectivity index (χ2n) is 4.26. The van der Waals surface area contributed by atoms with Crippen molar-refractivity contribution in [2.24, 2.45) is 0 Å². The Labute approximate surface area is 93.9 Å². The van der Waals surface area contributed by atoms with E-state index in [2.05, 4.69) is 28.8 Å². The molecule has 0 saturated carbocycles. The van der Waals surface area contributed by atoms with Gasteiger partial charge in [0.05, 0.1) is 6.61 Å². The smallest absolute Gasteiger partial charge is 0.371 e. The van der Waals surface area contributed by atoms with Crippen LogP contribution in [-0.4, -0.2) is 56.0 Å². The van der Waals surface area contributed by atoms with Crippen LogP contribution in [-0.2, 0) is 4.74 Å². The highest BCUT2D eigenvalue weighted by molar-refractivity contribution is 4.82. The molecule has 0 amide bonds. The second-order valence-corrected chi connectivity index (χ2v) is 4.26. The van der Waals surface area contributed by atoms with Crippen molar-refractivity contribution in [2.45, 2.75) is 32.1 Å². The summed E-state index contributed by atoms with van der Waals surface area (Å²) in [4.78, 5) is 2.17. The second kappa shape index (κ2) is 5.84. The van der Waals surface area contributed by atoms with Gasteiger partial charge in [-0.2, -0.15) is 13.2 Å². The first kappa shape index (κ1) is 13.7. The maximum absolute atomic E-state index is 11.8. The molecule has 1 aliphatic heterocycles. The fraction of sp³-hybridized carbons (Fsp3) is 1.00. The molecular formula is C10H19F3N2O. The third kappa shape index (κ3) is 4.67. The van der Waals surface area contributed by atoms with Crippen molar-refractivity contribution < 1.29 is 17.9 Å². The number of nitrogens with one attached hydrogen (secondary N) is 1. The summed E-state index contributed by atoms with van der Waals surface area (Å²) in [6.07, 6.45) is -4.22. The lowest BCUT2D eigenvalue weighted by Crippen LogP contribution is -2.55. The minimum Gasteiger partial charge on any atom is -0.371 e. The number of nitrogens with zero attached hydrogens (tertiary/aromatic N) is 1. The van der Waals surface area contributed by atoms with Gasteiger partial charge in [0.2, 0.25) is 0 Å². The van der Waals surface area contributed by atoms with E-state index in [9.17, 15) is 13.2 Å². The van der Waals surface area contributed by atoms with Crippen LogP contribution >= 0.6 is 0 Å². The standard InChI is InChI=1S/C10H19F3N2O/c1-8-5-14-6-9(2)15(8)3-4-16-7-10(11,12)13/h8-9,14H,3-7H2,1-2H3. The topological polar surface area (TPSA) is 24.5 Å². The summed E-state index contributed by atoms with van der Waals surface area (Å²) in [6, 6.07) is 0.691. The Bertz CT molecular complexity index is 201. The Morgan fingerprint density at radius 3 is 2.31 bits per heavy atom. The molecule has 1 fully saturated rings. The van der Waals surface area contributed by atoms with Crippen LogP contribution in [0.2, 0.25) is 0 Å². The van der Waals surface area contributed by atoms with Gasteiger partial charge in [-0.25, -0.2) is 0 Å². The first-order chi connectivity index (χ1) is 7.40. The molecule has 0 spiro atoms. The van der Waals surface area contributed by atoms with Crippen molar-refractivity contribution in [3.05, 3.63) is 0 Å². The molecule has 0 bridgehead atoms. The normalized spacial score (nSPS) is 28.3. The molecule has 0 radical (unpaired) electrons. The number of rotatable bonds is 4. The van der Waals surface area contributed by atoms with Gasteiger partial charge in [-0.05, 0) is 13.8 Å². The Balaban J connectivity index is 2.20. The lowest BCUT2D eigenvalue weighted by molar-refractivity contribution is -0.175. The number of alkyl halides is 3. The number of piperazine rings is 1. The Morgan fingerprint density at radius 1 is 1.25 bits per heavy atom. The number of halogens is 3. The Morgan fingerprint density at radius 2 is 1.81 bits per heavy atom. The molecule has 2 unspecified atom stereocenters. The molecule has 1 rings (SSSR count). The average Bonchev–Trinajstić information content (AvgIpc) is 2.14. The van der Waals surface area contributed by atoms with Gasteiger partial charge < -0.3 is 10.1 Å². The molecule has 0 aromatic heterocycles. The molecule has 0 aromatic rings. The van der Waals surface area contributed by atoms with Crippen LogP contribution in [0.3, 0.4) is 0 Å². The van der Waals surface area contributed by atoms with Crippen LogP contribution in [0.5, 0.6) is 0 Å². The minimum atomic E-state index is -4.22. The van der Waals surface area contributed by atoms with Gasteiger partial charge in [-0.1, -0.05) is 0 Å². The van der Waals surface area contributed by atoms with E-state index < -0.39 is 12.8 Å². The van der Waals surface area contributed by atoms with Crippen LogP contribution < -0.4 is 5.32 Å². The van der Waals surface area contributed by atoms with Crippen molar-refractivity contribution in [3.63, 3.8) is 0 Å². The minimum absolute atomic E-state index is 0.133. The molecule has 1 heterocycles. The fourth-order valence-electron chi connectivity index (χ4n) is 1.97. The van der Waals surface area contributed by atoms with Crippen LogP contribution in [0.15, 0.2) is 0 Å². The first-order valence-corrected chi connectivity index (χ1v) is 5.51. The highest BCUT2D eigenvalue weighted by Gasteiger charge is 2.28. The third-order valence-electron chi connectivity index (χ3n) is 2.77. The van der Waals surface area contributed by atoms with E-state index in [0.717, 1.165) is 13.1 Å². The highest BCUT2D eigenvalue weighted by atomic mass is 19.4. The van der Waals surface area contributed by atoms with E-state index in [1.165, 1.54) is 0 Å². The van der Waals surface area contributed by atoms with Crippen LogP contribution in [0.25, 0.3) is 0 Å². The molecule has 6 heteroatoms. The summed E-state index contributed by atoms with van der Waals surface area (Å²) in [6.45, 7) is 5.42. The van der Waals surface area contributed by atoms with Crippen molar-refractivity contribution in [1.82, 2.24) is 10.2 Å². The first-order valence-electron chi connectivity index (χ1n) is 5.51. The van der Waals surface area contributed by atoms with Crippen LogP contribution in [0.1, 0.15) is 13.8 Å². The lowest BCUT2D eigenvalue weighted by atomic mass is 10.1. The lowest BCUT2D eigenvalue weighted by Gasteiger charge is -2.39. The van der Waals surface area contributed by atoms with E-state index in [-0.39, 0.29) is 6.61 Å². The zero-order chi connectivity index (χ0) is 12.2. The molecule has 0 aromatic carbocycles. The molecule has 16 heavy (non-hydrogen) atoms. The van der Waals surface area contributed by atoms with Gasteiger partial charge in [-0.15, -0.1) is 0 Å². The van der Waals surface area contributed by atoms with Gasteiger partial charge in [-0.3, -0.25) is 4.90 Å². The van der Waals surface area contributed by atoms with E-state index >= 15 is 0 Å².